The fraction of sp³-hybridized carbons (Fsp3) is 0.154. The quantitative estimate of drug-likeness (QED) is 0.774. The second-order valence-electron chi connectivity index (χ2n) is 4.13. The van der Waals surface area contributed by atoms with Gasteiger partial charge in [0.15, 0.2) is 0 Å². The van der Waals surface area contributed by atoms with Gasteiger partial charge in [-0.3, -0.25) is 0 Å². The zero-order chi connectivity index (χ0) is 12.9. The summed E-state index contributed by atoms with van der Waals surface area (Å²) in [5, 5.41) is 9.52. The highest BCUT2D eigenvalue weighted by atomic mass is 32.1. The molecule has 0 radical (unpaired) electrons. The number of anilines is 1. The molecule has 0 aliphatic heterocycles. The predicted molar refractivity (Wildman–Crippen MR) is 75.0 cm³/mol. The lowest BCUT2D eigenvalue weighted by molar-refractivity contribution is 0.685. The van der Waals surface area contributed by atoms with Crippen molar-refractivity contribution in [3.05, 3.63) is 59.1 Å². The fourth-order valence-electron chi connectivity index (χ4n) is 1.80. The zero-order valence-corrected chi connectivity index (χ0v) is 11.0. The summed E-state index contributed by atoms with van der Waals surface area (Å²) in [6.45, 7) is 1.47. The number of thiazole rings is 1. The average Bonchev–Trinajstić information content (AvgIpc) is 3.10. The first-order chi connectivity index (χ1) is 9.40. The van der Waals surface area contributed by atoms with E-state index in [4.69, 9.17) is 0 Å². The molecule has 0 fully saturated rings. The first-order valence-corrected chi connectivity index (χ1v) is 6.87. The second-order valence-corrected chi connectivity index (χ2v) is 4.85. The molecule has 3 aromatic rings. The molecule has 2 heterocycles. The number of nitrogens with one attached hydrogen (secondary N) is 1. The molecule has 1 aromatic carbocycles. The highest BCUT2D eigenvalue weighted by molar-refractivity contribution is 7.07. The summed E-state index contributed by atoms with van der Waals surface area (Å²) in [6.07, 6.45) is 3.26. The van der Waals surface area contributed by atoms with Gasteiger partial charge in [-0.05, 0) is 17.7 Å². The summed E-state index contributed by atoms with van der Waals surface area (Å²) < 4.78 is 1.81. The van der Waals surface area contributed by atoms with Crippen LogP contribution in [0.3, 0.4) is 0 Å². The molecule has 0 saturated heterocycles. The molecule has 0 saturated carbocycles. The standard InChI is InChI=1S/C13H13N5S/c1-2-11(6-18-9-14-8-17-18)4-12(3-1)15-5-13-7-19-10-16-13/h1-4,7-10,15H,5-6H2. The van der Waals surface area contributed by atoms with Crippen molar-refractivity contribution in [3.63, 3.8) is 0 Å². The number of benzene rings is 1. The maximum absolute atomic E-state index is 4.25. The van der Waals surface area contributed by atoms with Gasteiger partial charge in [-0.1, -0.05) is 12.1 Å². The van der Waals surface area contributed by atoms with Crippen molar-refractivity contribution in [1.82, 2.24) is 19.7 Å². The molecule has 0 unspecified atom stereocenters. The van der Waals surface area contributed by atoms with Crippen LogP contribution in [0.4, 0.5) is 5.69 Å². The Bertz CT molecular complexity index is 618. The minimum atomic E-state index is 0.728. The van der Waals surface area contributed by atoms with Crippen molar-refractivity contribution < 1.29 is 0 Å². The summed E-state index contributed by atoms with van der Waals surface area (Å²) in [5.41, 5.74) is 5.18. The first kappa shape index (κ1) is 11.9. The number of rotatable bonds is 5. The van der Waals surface area contributed by atoms with Gasteiger partial charge in [0.2, 0.25) is 0 Å². The lowest BCUT2D eigenvalue weighted by Gasteiger charge is -2.07. The summed E-state index contributed by atoms with van der Waals surface area (Å²) >= 11 is 1.61. The second kappa shape index (κ2) is 5.62. The predicted octanol–water partition coefficient (Wildman–Crippen LogP) is 2.40. The smallest absolute Gasteiger partial charge is 0.137 e. The van der Waals surface area contributed by atoms with E-state index in [1.54, 1.807) is 28.7 Å². The van der Waals surface area contributed by atoms with Gasteiger partial charge in [-0.2, -0.15) is 5.10 Å². The van der Waals surface area contributed by atoms with Gasteiger partial charge >= 0.3 is 0 Å². The van der Waals surface area contributed by atoms with Crippen LogP contribution in [0.1, 0.15) is 11.3 Å². The summed E-state index contributed by atoms with van der Waals surface area (Å²) in [6, 6.07) is 8.29. The minimum absolute atomic E-state index is 0.728. The summed E-state index contributed by atoms with van der Waals surface area (Å²) in [4.78, 5) is 8.19. The van der Waals surface area contributed by atoms with E-state index in [-0.39, 0.29) is 0 Å². The van der Waals surface area contributed by atoms with Gasteiger partial charge in [-0.15, -0.1) is 11.3 Å². The Morgan fingerprint density at radius 1 is 1.32 bits per heavy atom. The molecule has 0 aliphatic rings. The third-order valence-electron chi connectivity index (χ3n) is 2.70. The topological polar surface area (TPSA) is 55.6 Å². The van der Waals surface area contributed by atoms with Crippen molar-refractivity contribution in [1.29, 1.82) is 0 Å². The van der Waals surface area contributed by atoms with E-state index in [0.29, 0.717) is 0 Å². The normalized spacial score (nSPS) is 10.5. The van der Waals surface area contributed by atoms with Crippen molar-refractivity contribution in [2.75, 3.05) is 5.32 Å². The van der Waals surface area contributed by atoms with Crippen molar-refractivity contribution in [3.8, 4) is 0 Å². The molecular formula is C13H13N5S. The van der Waals surface area contributed by atoms with Gasteiger partial charge in [0.1, 0.15) is 12.7 Å². The van der Waals surface area contributed by atoms with E-state index in [1.807, 2.05) is 17.0 Å². The Morgan fingerprint density at radius 2 is 2.32 bits per heavy atom. The number of aromatic nitrogens is 4. The monoisotopic (exact) mass is 271 g/mol. The van der Waals surface area contributed by atoms with E-state index < -0.39 is 0 Å². The molecular weight excluding hydrogens is 258 g/mol. The third-order valence-corrected chi connectivity index (χ3v) is 3.33. The highest BCUT2D eigenvalue weighted by Crippen LogP contribution is 2.13. The maximum Gasteiger partial charge on any atom is 0.137 e. The van der Waals surface area contributed by atoms with Crippen molar-refractivity contribution in [2.45, 2.75) is 13.1 Å². The molecule has 1 N–H and O–H groups in total. The minimum Gasteiger partial charge on any atom is -0.379 e. The van der Waals surface area contributed by atoms with E-state index >= 15 is 0 Å². The molecule has 2 aromatic heterocycles. The summed E-state index contributed by atoms with van der Waals surface area (Å²) in [7, 11) is 0. The van der Waals surface area contributed by atoms with Crippen LogP contribution < -0.4 is 5.32 Å². The van der Waals surface area contributed by atoms with Gasteiger partial charge < -0.3 is 5.32 Å². The molecule has 0 amide bonds. The molecule has 5 nitrogen and oxygen atoms in total. The lowest BCUT2D eigenvalue weighted by atomic mass is 10.2. The molecule has 0 spiro atoms. The molecule has 3 rings (SSSR count). The van der Waals surface area contributed by atoms with Crippen LogP contribution in [0.2, 0.25) is 0 Å². The summed E-state index contributed by atoms with van der Waals surface area (Å²) in [5.74, 6) is 0. The van der Waals surface area contributed by atoms with E-state index in [2.05, 4.69) is 38.6 Å². The van der Waals surface area contributed by atoms with Crippen LogP contribution >= 0.6 is 11.3 Å². The van der Waals surface area contributed by atoms with Crippen LogP contribution in [0.25, 0.3) is 0 Å². The molecule has 0 atom stereocenters. The van der Waals surface area contributed by atoms with E-state index in [1.165, 1.54) is 5.56 Å². The van der Waals surface area contributed by atoms with Gasteiger partial charge in [0.05, 0.1) is 24.3 Å². The Labute approximate surface area is 115 Å². The Morgan fingerprint density at radius 3 is 3.11 bits per heavy atom. The number of nitrogens with zero attached hydrogens (tertiary/aromatic N) is 4. The Hall–Kier alpha value is -2.21. The van der Waals surface area contributed by atoms with E-state index in [0.717, 1.165) is 24.5 Å². The molecule has 0 bridgehead atoms. The van der Waals surface area contributed by atoms with Crippen LogP contribution in [-0.2, 0) is 13.1 Å². The Kier molecular flexibility index (Phi) is 3.51. The highest BCUT2D eigenvalue weighted by Gasteiger charge is 1.99. The zero-order valence-electron chi connectivity index (χ0n) is 10.2. The fourth-order valence-corrected chi connectivity index (χ4v) is 2.36. The number of hydrogen-bond acceptors (Lipinski definition) is 5. The average molecular weight is 271 g/mol. The van der Waals surface area contributed by atoms with Crippen LogP contribution in [0, 0.1) is 0 Å². The van der Waals surface area contributed by atoms with E-state index in [9.17, 15) is 0 Å². The molecule has 19 heavy (non-hydrogen) atoms. The maximum atomic E-state index is 4.25. The van der Waals surface area contributed by atoms with Crippen molar-refractivity contribution in [2.24, 2.45) is 0 Å². The van der Waals surface area contributed by atoms with Crippen molar-refractivity contribution >= 4 is 17.0 Å². The Balaban J connectivity index is 1.66. The van der Waals surface area contributed by atoms with Crippen LogP contribution in [0.5, 0.6) is 0 Å². The lowest BCUT2D eigenvalue weighted by Crippen LogP contribution is -2.02. The van der Waals surface area contributed by atoms with Gasteiger partial charge in [-0.25, -0.2) is 14.6 Å². The molecule has 0 aliphatic carbocycles. The van der Waals surface area contributed by atoms with Gasteiger partial charge in [0, 0.05) is 11.1 Å². The molecule has 6 heteroatoms. The van der Waals surface area contributed by atoms with Gasteiger partial charge in [0.25, 0.3) is 0 Å². The SMILES string of the molecule is c1cc(Cn2cncn2)cc(NCc2cscn2)c1. The van der Waals surface area contributed by atoms with Crippen LogP contribution in [-0.4, -0.2) is 19.7 Å². The largest absolute Gasteiger partial charge is 0.379 e. The first-order valence-electron chi connectivity index (χ1n) is 5.92. The molecule has 96 valence electrons. The van der Waals surface area contributed by atoms with Crippen LogP contribution in [0.15, 0.2) is 47.8 Å². The number of hydrogen-bond donors (Lipinski definition) is 1. The third kappa shape index (κ3) is 3.17.